The van der Waals surface area contributed by atoms with Crippen LogP contribution in [0.5, 0.6) is 0 Å². The molecule has 0 heterocycles. The van der Waals surface area contributed by atoms with Crippen LogP contribution in [0.4, 0.5) is 11.4 Å². The quantitative estimate of drug-likeness (QED) is 0.885. The number of benzene rings is 2. The number of rotatable bonds is 4. The molecule has 3 nitrogen and oxygen atoms in total. The van der Waals surface area contributed by atoms with Gasteiger partial charge in [-0.15, -0.1) is 0 Å². The lowest BCUT2D eigenvalue weighted by molar-refractivity contribution is -0.116. The smallest absolute Gasteiger partial charge is 0.246 e. The maximum Gasteiger partial charge on any atom is 0.246 e. The van der Waals surface area contributed by atoms with Crippen molar-refractivity contribution < 1.29 is 4.79 Å². The molecule has 0 radical (unpaired) electrons. The van der Waals surface area contributed by atoms with Crippen LogP contribution in [0.1, 0.15) is 24.5 Å². The molecule has 0 saturated carbocycles. The molecule has 0 aliphatic heterocycles. The minimum Gasteiger partial charge on any atom is -0.374 e. The van der Waals surface area contributed by atoms with Gasteiger partial charge in [0, 0.05) is 16.4 Å². The summed E-state index contributed by atoms with van der Waals surface area (Å²) in [7, 11) is 0. The van der Waals surface area contributed by atoms with Gasteiger partial charge in [0.2, 0.25) is 5.91 Å². The molecule has 1 amide bonds. The lowest BCUT2D eigenvalue weighted by Gasteiger charge is -2.16. The summed E-state index contributed by atoms with van der Waals surface area (Å²) in [4.78, 5) is 12.2. The molecule has 4 heteroatoms. The van der Waals surface area contributed by atoms with Gasteiger partial charge in [-0.2, -0.15) is 0 Å². The number of carbonyl (C=O) groups excluding carboxylic acids is 1. The summed E-state index contributed by atoms with van der Waals surface area (Å²) in [6.07, 6.45) is 3.53. The zero-order chi connectivity index (χ0) is 15.5. The Balaban J connectivity index is 1.62. The van der Waals surface area contributed by atoms with Gasteiger partial charge in [-0.3, -0.25) is 4.79 Å². The topological polar surface area (TPSA) is 41.1 Å². The van der Waals surface area contributed by atoms with E-state index in [1.807, 2.05) is 6.92 Å². The van der Waals surface area contributed by atoms with Crippen molar-refractivity contribution in [3.63, 3.8) is 0 Å². The summed E-state index contributed by atoms with van der Waals surface area (Å²) in [5.41, 5.74) is 4.58. The molecule has 1 aliphatic carbocycles. The van der Waals surface area contributed by atoms with Crippen LogP contribution in [0.25, 0.3) is 0 Å². The van der Waals surface area contributed by atoms with Gasteiger partial charge in [-0.05, 0) is 73.7 Å². The van der Waals surface area contributed by atoms with E-state index in [2.05, 4.69) is 28.8 Å². The van der Waals surface area contributed by atoms with Gasteiger partial charge in [0.25, 0.3) is 0 Å². The standard InChI is InChI=1S/C18H19ClN2O/c1-12(18(22)21-16-9-6-15(19)7-10-16)20-17-8-5-13-3-2-4-14(13)11-17/h5-12,20H,2-4H2,1H3,(H,21,22). The van der Waals surface area contributed by atoms with E-state index in [9.17, 15) is 4.79 Å². The Labute approximate surface area is 135 Å². The largest absolute Gasteiger partial charge is 0.374 e. The second-order valence-corrected chi connectivity index (χ2v) is 6.14. The summed E-state index contributed by atoms with van der Waals surface area (Å²) in [6, 6.07) is 13.2. The zero-order valence-corrected chi connectivity index (χ0v) is 13.3. The van der Waals surface area contributed by atoms with Gasteiger partial charge in [0.15, 0.2) is 0 Å². The number of halogens is 1. The van der Waals surface area contributed by atoms with Crippen LogP contribution in [0.3, 0.4) is 0 Å². The molecule has 1 unspecified atom stereocenters. The predicted molar refractivity (Wildman–Crippen MR) is 91.6 cm³/mol. The van der Waals surface area contributed by atoms with E-state index in [1.54, 1.807) is 24.3 Å². The number of hydrogen-bond acceptors (Lipinski definition) is 2. The van der Waals surface area contributed by atoms with E-state index in [0.717, 1.165) is 17.8 Å². The molecule has 0 fully saturated rings. The van der Waals surface area contributed by atoms with Crippen LogP contribution in [0, 0.1) is 0 Å². The third-order valence-corrected chi connectivity index (χ3v) is 4.24. The normalized spacial score (nSPS) is 14.3. The van der Waals surface area contributed by atoms with Crippen molar-refractivity contribution in [1.29, 1.82) is 0 Å². The Bertz CT molecular complexity index is 682. The molecular weight excluding hydrogens is 296 g/mol. The maximum absolute atomic E-state index is 12.2. The average Bonchev–Trinajstić information content (AvgIpc) is 2.97. The highest BCUT2D eigenvalue weighted by Crippen LogP contribution is 2.25. The molecule has 0 aromatic heterocycles. The maximum atomic E-state index is 12.2. The van der Waals surface area contributed by atoms with Crippen LogP contribution >= 0.6 is 11.6 Å². The Kier molecular flexibility index (Phi) is 4.34. The first kappa shape index (κ1) is 14.9. The minimum atomic E-state index is -0.310. The Hall–Kier alpha value is -2.00. The van der Waals surface area contributed by atoms with Gasteiger partial charge in [-0.25, -0.2) is 0 Å². The summed E-state index contributed by atoms with van der Waals surface area (Å²) in [5, 5.41) is 6.80. The van der Waals surface area contributed by atoms with E-state index >= 15 is 0 Å². The van der Waals surface area contributed by atoms with Crippen LogP contribution in [0.2, 0.25) is 5.02 Å². The molecule has 114 valence electrons. The SMILES string of the molecule is CC(Nc1ccc2c(c1)CCC2)C(=O)Nc1ccc(Cl)cc1. The number of nitrogens with one attached hydrogen (secondary N) is 2. The van der Waals surface area contributed by atoms with Crippen molar-refractivity contribution in [2.45, 2.75) is 32.2 Å². The summed E-state index contributed by atoms with van der Waals surface area (Å²) < 4.78 is 0. The number of hydrogen-bond donors (Lipinski definition) is 2. The predicted octanol–water partition coefficient (Wildman–Crippen LogP) is 4.27. The van der Waals surface area contributed by atoms with Crippen LogP contribution in [-0.2, 0) is 17.6 Å². The van der Waals surface area contributed by atoms with Crippen molar-refractivity contribution in [3.05, 3.63) is 58.6 Å². The molecule has 1 atom stereocenters. The Morgan fingerprint density at radius 2 is 1.73 bits per heavy atom. The number of anilines is 2. The van der Waals surface area contributed by atoms with E-state index in [1.165, 1.54) is 24.0 Å². The van der Waals surface area contributed by atoms with E-state index < -0.39 is 0 Å². The van der Waals surface area contributed by atoms with Crippen molar-refractivity contribution >= 4 is 28.9 Å². The summed E-state index contributed by atoms with van der Waals surface area (Å²) in [6.45, 7) is 1.86. The lowest BCUT2D eigenvalue weighted by Crippen LogP contribution is -2.31. The number of amides is 1. The number of fused-ring (bicyclic) bond motifs is 1. The number of carbonyl (C=O) groups is 1. The van der Waals surface area contributed by atoms with Crippen LogP contribution < -0.4 is 10.6 Å². The van der Waals surface area contributed by atoms with Gasteiger partial charge in [0.1, 0.15) is 6.04 Å². The molecular formula is C18H19ClN2O. The molecule has 22 heavy (non-hydrogen) atoms. The van der Waals surface area contributed by atoms with Gasteiger partial charge < -0.3 is 10.6 Å². The Morgan fingerprint density at radius 3 is 2.50 bits per heavy atom. The van der Waals surface area contributed by atoms with E-state index in [0.29, 0.717) is 5.02 Å². The van der Waals surface area contributed by atoms with Crippen molar-refractivity contribution in [3.8, 4) is 0 Å². The first-order valence-corrected chi connectivity index (χ1v) is 7.94. The second kappa shape index (κ2) is 6.41. The zero-order valence-electron chi connectivity index (χ0n) is 12.5. The van der Waals surface area contributed by atoms with Gasteiger partial charge >= 0.3 is 0 Å². The lowest BCUT2D eigenvalue weighted by atomic mass is 10.1. The number of aryl methyl sites for hydroxylation is 2. The molecule has 2 N–H and O–H groups in total. The molecule has 0 saturated heterocycles. The van der Waals surface area contributed by atoms with Gasteiger partial charge in [-0.1, -0.05) is 17.7 Å². The second-order valence-electron chi connectivity index (χ2n) is 5.70. The van der Waals surface area contributed by atoms with E-state index in [4.69, 9.17) is 11.6 Å². The molecule has 0 spiro atoms. The Morgan fingerprint density at radius 1 is 1.05 bits per heavy atom. The fourth-order valence-corrected chi connectivity index (χ4v) is 2.89. The van der Waals surface area contributed by atoms with Crippen molar-refractivity contribution in [2.24, 2.45) is 0 Å². The van der Waals surface area contributed by atoms with E-state index in [-0.39, 0.29) is 11.9 Å². The van der Waals surface area contributed by atoms with Crippen LogP contribution in [0.15, 0.2) is 42.5 Å². The molecule has 0 bridgehead atoms. The van der Waals surface area contributed by atoms with Gasteiger partial charge in [0.05, 0.1) is 0 Å². The van der Waals surface area contributed by atoms with Crippen molar-refractivity contribution in [2.75, 3.05) is 10.6 Å². The van der Waals surface area contributed by atoms with Crippen molar-refractivity contribution in [1.82, 2.24) is 0 Å². The summed E-state index contributed by atoms with van der Waals surface area (Å²) in [5.74, 6) is -0.0668. The fraction of sp³-hybridized carbons (Fsp3) is 0.278. The highest BCUT2D eigenvalue weighted by atomic mass is 35.5. The average molecular weight is 315 g/mol. The fourth-order valence-electron chi connectivity index (χ4n) is 2.76. The molecule has 3 rings (SSSR count). The highest BCUT2D eigenvalue weighted by molar-refractivity contribution is 6.30. The first-order valence-electron chi connectivity index (χ1n) is 7.56. The molecule has 2 aromatic carbocycles. The first-order chi connectivity index (χ1) is 10.6. The molecule has 1 aliphatic rings. The monoisotopic (exact) mass is 314 g/mol. The molecule has 2 aromatic rings. The highest BCUT2D eigenvalue weighted by Gasteiger charge is 2.15. The third kappa shape index (κ3) is 3.42. The third-order valence-electron chi connectivity index (χ3n) is 3.99. The van der Waals surface area contributed by atoms with Crippen LogP contribution in [-0.4, -0.2) is 11.9 Å². The minimum absolute atomic E-state index is 0.0668. The summed E-state index contributed by atoms with van der Waals surface area (Å²) >= 11 is 5.84.